The number of alkyl halides is 3. The number of anilines is 2. The molecule has 1 saturated carbocycles. The van der Waals surface area contributed by atoms with Crippen LogP contribution in [0.2, 0.25) is 0 Å². The summed E-state index contributed by atoms with van der Waals surface area (Å²) < 4.78 is 96.1. The van der Waals surface area contributed by atoms with Gasteiger partial charge >= 0.3 is 18.3 Å². The number of unbranched alkanes of at least 4 members (excludes halogenated alkanes) is 1. The number of hydrogen-bond donors (Lipinski definition) is 0. The van der Waals surface area contributed by atoms with Crippen LogP contribution in [0.3, 0.4) is 0 Å². The first kappa shape index (κ1) is 40.9. The highest BCUT2D eigenvalue weighted by atomic mass is 19.4. The molecule has 1 aliphatic carbocycles. The SMILES string of the molecule is CCCCOC(=O)N1C2CCC1CN(c1nc(OCC3(CN4CCOCC4)CC3)nc3c(F)c(-c4nc(N5C(=O)c6ccccc6C5=O)cc(C)c4C(F)(F)F)c(F)cc13)C2. The van der Waals surface area contributed by atoms with Crippen molar-refractivity contribution < 1.29 is 50.5 Å². The summed E-state index contributed by atoms with van der Waals surface area (Å²) in [6.45, 7) is 7.47. The third kappa shape index (κ3) is 7.51. The first-order valence-corrected chi connectivity index (χ1v) is 20.7. The van der Waals surface area contributed by atoms with Gasteiger partial charge in [0.05, 0.1) is 66.5 Å². The molecule has 4 aliphatic heterocycles. The van der Waals surface area contributed by atoms with Crippen molar-refractivity contribution in [2.75, 3.05) is 69.0 Å². The maximum atomic E-state index is 17.3. The van der Waals surface area contributed by atoms with E-state index in [9.17, 15) is 27.6 Å². The number of hydrogen-bond acceptors (Lipinski definition) is 11. The quantitative estimate of drug-likeness (QED) is 0.0865. The van der Waals surface area contributed by atoms with Crippen LogP contribution >= 0.6 is 0 Å². The molecule has 4 aromatic rings. The van der Waals surface area contributed by atoms with Crippen LogP contribution in [-0.2, 0) is 15.7 Å². The molecular formula is C43H44F5N7O6. The lowest BCUT2D eigenvalue weighted by atomic mass is 9.98. The summed E-state index contributed by atoms with van der Waals surface area (Å²) in [6.07, 6.45) is -0.984. The molecule has 61 heavy (non-hydrogen) atoms. The van der Waals surface area contributed by atoms with Gasteiger partial charge in [-0.05, 0) is 68.9 Å². The van der Waals surface area contributed by atoms with Gasteiger partial charge in [-0.25, -0.2) is 23.5 Å². The number of benzene rings is 2. The number of pyridine rings is 1. The van der Waals surface area contributed by atoms with Crippen molar-refractivity contribution in [3.05, 3.63) is 70.3 Å². The number of rotatable bonds is 11. The molecule has 6 heterocycles. The largest absolute Gasteiger partial charge is 0.463 e. The molecule has 0 spiro atoms. The van der Waals surface area contributed by atoms with Crippen molar-refractivity contribution in [3.8, 4) is 17.3 Å². The minimum Gasteiger partial charge on any atom is -0.463 e. The molecule has 9 rings (SSSR count). The van der Waals surface area contributed by atoms with Crippen LogP contribution in [0.5, 0.6) is 6.01 Å². The molecule has 0 radical (unpaired) electrons. The molecule has 3 amide bonds. The van der Waals surface area contributed by atoms with Gasteiger partial charge in [-0.2, -0.15) is 23.1 Å². The van der Waals surface area contributed by atoms with Gasteiger partial charge in [-0.1, -0.05) is 25.5 Å². The maximum Gasteiger partial charge on any atom is 0.418 e. The number of halogens is 5. The lowest BCUT2D eigenvalue weighted by molar-refractivity contribution is -0.137. The molecule has 5 aliphatic rings. The van der Waals surface area contributed by atoms with E-state index in [1.54, 1.807) is 9.80 Å². The number of amides is 3. The molecule has 2 atom stereocenters. The molecule has 3 saturated heterocycles. The van der Waals surface area contributed by atoms with Gasteiger partial charge in [0.2, 0.25) is 0 Å². The summed E-state index contributed by atoms with van der Waals surface area (Å²) in [5.74, 6) is -4.99. The summed E-state index contributed by atoms with van der Waals surface area (Å²) in [5, 5.41) is -0.124. The lowest BCUT2D eigenvalue weighted by Crippen LogP contribution is -2.56. The first-order valence-electron chi connectivity index (χ1n) is 20.7. The summed E-state index contributed by atoms with van der Waals surface area (Å²) in [6, 6.07) is 6.77. The van der Waals surface area contributed by atoms with E-state index in [-0.39, 0.29) is 72.1 Å². The van der Waals surface area contributed by atoms with Crippen molar-refractivity contribution in [2.24, 2.45) is 5.41 Å². The monoisotopic (exact) mass is 849 g/mol. The van der Waals surface area contributed by atoms with E-state index in [0.29, 0.717) is 31.0 Å². The van der Waals surface area contributed by atoms with Gasteiger partial charge in [-0.15, -0.1) is 0 Å². The second kappa shape index (κ2) is 15.8. The minimum atomic E-state index is -5.17. The van der Waals surface area contributed by atoms with E-state index in [0.717, 1.165) is 64.4 Å². The van der Waals surface area contributed by atoms with Crippen LogP contribution in [0.25, 0.3) is 22.2 Å². The zero-order valence-electron chi connectivity index (χ0n) is 33.7. The lowest BCUT2D eigenvalue weighted by Gasteiger charge is -2.41. The van der Waals surface area contributed by atoms with Gasteiger partial charge in [0.25, 0.3) is 11.8 Å². The average molecular weight is 850 g/mol. The fourth-order valence-corrected chi connectivity index (χ4v) is 9.12. The number of fused-ring (bicyclic) bond motifs is 4. The number of piperazine rings is 1. The van der Waals surface area contributed by atoms with Gasteiger partial charge < -0.3 is 19.1 Å². The van der Waals surface area contributed by atoms with Crippen LogP contribution in [-0.4, -0.2) is 114 Å². The predicted molar refractivity (Wildman–Crippen MR) is 212 cm³/mol. The van der Waals surface area contributed by atoms with Gasteiger partial charge in [0.1, 0.15) is 23.0 Å². The Bertz CT molecular complexity index is 2370. The van der Waals surface area contributed by atoms with Crippen molar-refractivity contribution >= 4 is 40.4 Å². The molecule has 2 aromatic heterocycles. The molecule has 322 valence electrons. The highest BCUT2D eigenvalue weighted by Crippen LogP contribution is 2.48. The number of morpholine rings is 1. The number of carbonyl (C=O) groups is 3. The molecular weight excluding hydrogens is 806 g/mol. The van der Waals surface area contributed by atoms with E-state index in [1.165, 1.54) is 24.3 Å². The second-order valence-corrected chi connectivity index (χ2v) is 16.6. The summed E-state index contributed by atoms with van der Waals surface area (Å²) in [5.41, 5.74) is -5.00. The van der Waals surface area contributed by atoms with E-state index in [2.05, 4.69) is 14.9 Å². The Kier molecular flexibility index (Phi) is 10.6. The normalized spacial score (nSPS) is 21.1. The second-order valence-electron chi connectivity index (χ2n) is 16.6. The number of nitrogens with zero attached hydrogens (tertiary/aromatic N) is 7. The molecule has 2 aromatic carbocycles. The summed E-state index contributed by atoms with van der Waals surface area (Å²) in [7, 11) is 0. The van der Waals surface area contributed by atoms with Crippen LogP contribution in [0.15, 0.2) is 36.4 Å². The number of carbonyl (C=O) groups excluding carboxylic acids is 3. The Labute approximate surface area is 347 Å². The van der Waals surface area contributed by atoms with Gasteiger partial charge in [0, 0.05) is 43.5 Å². The first-order chi connectivity index (χ1) is 29.3. The minimum absolute atomic E-state index is 0.00815. The highest BCUT2D eigenvalue weighted by molar-refractivity contribution is 6.34. The Morgan fingerprint density at radius 3 is 2.26 bits per heavy atom. The zero-order chi connectivity index (χ0) is 42.8. The van der Waals surface area contributed by atoms with Crippen LogP contribution in [0.1, 0.15) is 77.3 Å². The van der Waals surface area contributed by atoms with Gasteiger partial charge in [-0.3, -0.25) is 19.4 Å². The fourth-order valence-electron chi connectivity index (χ4n) is 9.12. The standard InChI is InChI=1S/C43H44F5N7O6/c1-3-4-15-60-41(58)54-25-9-10-26(54)21-53(20-25)37-29-19-30(44)32(34(45)35(29)50-40(51-37)61-23-42(11-12-42)22-52-13-16-59-17-14-52)36-33(43(46,47)48)24(2)18-31(49-36)55-38(56)27-7-5-6-8-28(27)39(55)57/h5-8,18-19,25-26H,3-4,9-17,20-23H2,1-2H3. The molecule has 18 heteroatoms. The topological polar surface area (TPSA) is 131 Å². The Morgan fingerprint density at radius 2 is 1.64 bits per heavy atom. The molecule has 2 unspecified atom stereocenters. The highest BCUT2D eigenvalue weighted by Gasteiger charge is 2.47. The van der Waals surface area contributed by atoms with Crippen molar-refractivity contribution in [1.82, 2.24) is 24.8 Å². The number of ether oxygens (including phenoxy) is 3. The van der Waals surface area contributed by atoms with E-state index in [1.807, 2.05) is 6.92 Å². The Morgan fingerprint density at radius 1 is 0.967 bits per heavy atom. The van der Waals surface area contributed by atoms with E-state index < -0.39 is 69.4 Å². The van der Waals surface area contributed by atoms with E-state index >= 15 is 8.78 Å². The third-order valence-electron chi connectivity index (χ3n) is 12.4. The van der Waals surface area contributed by atoms with Crippen LogP contribution < -0.4 is 14.5 Å². The van der Waals surface area contributed by atoms with Crippen LogP contribution in [0, 0.1) is 24.0 Å². The van der Waals surface area contributed by atoms with Crippen molar-refractivity contribution in [2.45, 2.75) is 70.6 Å². The third-order valence-corrected chi connectivity index (χ3v) is 12.4. The molecule has 0 N–H and O–H groups in total. The van der Waals surface area contributed by atoms with E-state index in [4.69, 9.17) is 19.2 Å². The smallest absolute Gasteiger partial charge is 0.418 e. The number of aromatic nitrogens is 3. The number of aryl methyl sites for hydroxylation is 1. The fraction of sp³-hybridized carbons (Fsp3) is 0.488. The molecule has 2 bridgehead atoms. The molecule has 13 nitrogen and oxygen atoms in total. The summed E-state index contributed by atoms with van der Waals surface area (Å²) in [4.78, 5) is 59.5. The Hall–Kier alpha value is -5.49. The van der Waals surface area contributed by atoms with Gasteiger partial charge in [0.15, 0.2) is 5.82 Å². The van der Waals surface area contributed by atoms with Crippen LogP contribution in [0.4, 0.5) is 38.4 Å². The predicted octanol–water partition coefficient (Wildman–Crippen LogP) is 7.18. The maximum absolute atomic E-state index is 17.3. The number of imide groups is 1. The average Bonchev–Trinajstić information content (AvgIpc) is 3.87. The Balaban J connectivity index is 1.14. The molecule has 4 fully saturated rings. The zero-order valence-corrected chi connectivity index (χ0v) is 33.7. The van der Waals surface area contributed by atoms with Crippen molar-refractivity contribution in [3.63, 3.8) is 0 Å². The summed E-state index contributed by atoms with van der Waals surface area (Å²) >= 11 is 0. The van der Waals surface area contributed by atoms with Crippen molar-refractivity contribution in [1.29, 1.82) is 0 Å².